The zero-order valence-electron chi connectivity index (χ0n) is 10.5. The molecule has 1 saturated heterocycles. The van der Waals surface area contributed by atoms with Crippen LogP contribution in [0.15, 0.2) is 0 Å². The summed E-state index contributed by atoms with van der Waals surface area (Å²) in [6, 6.07) is 0. The number of aliphatic hydroxyl groups is 1. The minimum absolute atomic E-state index is 0.592. The Labute approximate surface area is 101 Å². The highest BCUT2D eigenvalue weighted by molar-refractivity contribution is 5.58. The van der Waals surface area contributed by atoms with Gasteiger partial charge in [0, 0.05) is 18.7 Å². The monoisotopic (exact) mass is 237 g/mol. The number of hydrogen-bond acceptors (Lipinski definition) is 6. The molecule has 2 heterocycles. The van der Waals surface area contributed by atoms with E-state index in [1.165, 1.54) is 0 Å². The molecular formula is C11H19N5O. The van der Waals surface area contributed by atoms with Crippen molar-refractivity contribution in [1.29, 1.82) is 0 Å². The summed E-state index contributed by atoms with van der Waals surface area (Å²) in [5, 5.41) is 9.99. The minimum Gasteiger partial charge on any atom is -0.388 e. The molecule has 1 unspecified atom stereocenters. The number of β-amino-alcohol motifs (C(OH)–C–C–N with tert-alkyl or cyclic N) is 1. The van der Waals surface area contributed by atoms with Crippen molar-refractivity contribution in [1.82, 2.24) is 9.97 Å². The number of nitrogens with one attached hydrogen (secondary N) is 1. The first-order valence-electron chi connectivity index (χ1n) is 5.72. The topological polar surface area (TPSA) is 87.3 Å². The summed E-state index contributed by atoms with van der Waals surface area (Å²) in [5.41, 5.74) is 2.86. The van der Waals surface area contributed by atoms with E-state index < -0.39 is 5.60 Å². The maximum absolute atomic E-state index is 9.99. The lowest BCUT2D eigenvalue weighted by Crippen LogP contribution is -2.31. The molecule has 0 amide bonds. The summed E-state index contributed by atoms with van der Waals surface area (Å²) < 4.78 is 0. The second kappa shape index (κ2) is 4.12. The zero-order valence-corrected chi connectivity index (χ0v) is 10.5. The van der Waals surface area contributed by atoms with Gasteiger partial charge < -0.3 is 15.4 Å². The van der Waals surface area contributed by atoms with E-state index in [-0.39, 0.29) is 0 Å². The molecule has 0 aromatic carbocycles. The van der Waals surface area contributed by atoms with Crippen molar-refractivity contribution in [2.45, 2.75) is 32.8 Å². The largest absolute Gasteiger partial charge is 0.388 e. The second-order valence-corrected chi connectivity index (χ2v) is 4.88. The molecule has 0 spiro atoms. The molecule has 1 aromatic heterocycles. The van der Waals surface area contributed by atoms with E-state index in [0.717, 1.165) is 24.3 Å². The van der Waals surface area contributed by atoms with Crippen molar-refractivity contribution in [3.05, 3.63) is 11.4 Å². The van der Waals surface area contributed by atoms with Crippen LogP contribution in [0.1, 0.15) is 24.7 Å². The third-order valence-corrected chi connectivity index (χ3v) is 3.12. The third kappa shape index (κ3) is 2.32. The van der Waals surface area contributed by atoms with Gasteiger partial charge in [-0.1, -0.05) is 0 Å². The number of anilines is 2. The van der Waals surface area contributed by atoms with Gasteiger partial charge in [-0.15, -0.1) is 0 Å². The fourth-order valence-corrected chi connectivity index (χ4v) is 2.19. The highest BCUT2D eigenvalue weighted by Gasteiger charge is 2.33. The highest BCUT2D eigenvalue weighted by Crippen LogP contribution is 2.29. The number of rotatable bonds is 2. The smallest absolute Gasteiger partial charge is 0.148 e. The summed E-state index contributed by atoms with van der Waals surface area (Å²) in [6.45, 7) is 7.00. The molecule has 17 heavy (non-hydrogen) atoms. The number of nitrogens with zero attached hydrogens (tertiary/aromatic N) is 3. The molecule has 6 heteroatoms. The van der Waals surface area contributed by atoms with Crippen molar-refractivity contribution >= 4 is 11.6 Å². The molecule has 6 nitrogen and oxygen atoms in total. The van der Waals surface area contributed by atoms with Gasteiger partial charge in [-0.2, -0.15) is 0 Å². The van der Waals surface area contributed by atoms with Gasteiger partial charge in [-0.25, -0.2) is 15.8 Å². The van der Waals surface area contributed by atoms with Crippen LogP contribution in [0.5, 0.6) is 0 Å². The van der Waals surface area contributed by atoms with Gasteiger partial charge in [0.25, 0.3) is 0 Å². The predicted molar refractivity (Wildman–Crippen MR) is 66.8 cm³/mol. The molecule has 1 aliphatic heterocycles. The van der Waals surface area contributed by atoms with Gasteiger partial charge >= 0.3 is 0 Å². The van der Waals surface area contributed by atoms with Crippen molar-refractivity contribution in [2.75, 3.05) is 23.4 Å². The van der Waals surface area contributed by atoms with E-state index in [4.69, 9.17) is 5.84 Å². The van der Waals surface area contributed by atoms with Gasteiger partial charge in [0.15, 0.2) is 0 Å². The maximum atomic E-state index is 9.99. The van der Waals surface area contributed by atoms with E-state index >= 15 is 0 Å². The number of hydrogen-bond donors (Lipinski definition) is 3. The SMILES string of the molecule is Cc1nc(NN)c(C)c(N2CCC(C)(O)C2)n1. The van der Waals surface area contributed by atoms with Crippen LogP contribution in [0, 0.1) is 13.8 Å². The van der Waals surface area contributed by atoms with Crippen LogP contribution in [0.4, 0.5) is 11.6 Å². The summed E-state index contributed by atoms with van der Waals surface area (Å²) in [7, 11) is 0. The Morgan fingerprint density at radius 3 is 2.65 bits per heavy atom. The highest BCUT2D eigenvalue weighted by atomic mass is 16.3. The predicted octanol–water partition coefficient (Wildman–Crippen LogP) is 0.340. The molecule has 0 bridgehead atoms. The van der Waals surface area contributed by atoms with Crippen LogP contribution in [-0.2, 0) is 0 Å². The van der Waals surface area contributed by atoms with Crippen LogP contribution in [0.3, 0.4) is 0 Å². The normalized spacial score (nSPS) is 24.2. The lowest BCUT2D eigenvalue weighted by atomic mass is 10.1. The average molecular weight is 237 g/mol. The molecule has 0 radical (unpaired) electrons. The summed E-state index contributed by atoms with van der Waals surface area (Å²) in [4.78, 5) is 10.7. The maximum Gasteiger partial charge on any atom is 0.148 e. The zero-order chi connectivity index (χ0) is 12.6. The van der Waals surface area contributed by atoms with Gasteiger partial charge in [-0.05, 0) is 27.2 Å². The van der Waals surface area contributed by atoms with Crippen LogP contribution < -0.4 is 16.2 Å². The van der Waals surface area contributed by atoms with Crippen molar-refractivity contribution in [3.63, 3.8) is 0 Å². The van der Waals surface area contributed by atoms with Gasteiger partial charge in [0.05, 0.1) is 5.60 Å². The van der Waals surface area contributed by atoms with E-state index in [1.807, 2.05) is 20.8 Å². The first-order chi connectivity index (χ1) is 7.93. The van der Waals surface area contributed by atoms with Crippen molar-refractivity contribution in [3.8, 4) is 0 Å². The Balaban J connectivity index is 2.36. The lowest BCUT2D eigenvalue weighted by Gasteiger charge is -2.22. The molecule has 2 rings (SSSR count). The number of hydrazine groups is 1. The molecule has 1 fully saturated rings. The Morgan fingerprint density at radius 1 is 1.41 bits per heavy atom. The molecule has 4 N–H and O–H groups in total. The fraction of sp³-hybridized carbons (Fsp3) is 0.636. The molecule has 1 aromatic rings. The van der Waals surface area contributed by atoms with E-state index in [0.29, 0.717) is 18.2 Å². The first kappa shape index (κ1) is 12.1. The molecule has 1 aliphatic rings. The Morgan fingerprint density at radius 2 is 2.12 bits per heavy atom. The third-order valence-electron chi connectivity index (χ3n) is 3.12. The number of nitrogens with two attached hydrogens (primary N) is 1. The summed E-state index contributed by atoms with van der Waals surface area (Å²) in [6.07, 6.45) is 0.751. The lowest BCUT2D eigenvalue weighted by molar-refractivity contribution is 0.0839. The van der Waals surface area contributed by atoms with Crippen LogP contribution >= 0.6 is 0 Å². The summed E-state index contributed by atoms with van der Waals surface area (Å²) in [5.74, 6) is 7.59. The number of aryl methyl sites for hydroxylation is 1. The van der Waals surface area contributed by atoms with Gasteiger partial charge in [0.2, 0.25) is 0 Å². The van der Waals surface area contributed by atoms with Crippen molar-refractivity contribution < 1.29 is 5.11 Å². The van der Waals surface area contributed by atoms with Crippen LogP contribution in [-0.4, -0.2) is 33.8 Å². The van der Waals surface area contributed by atoms with E-state index in [2.05, 4.69) is 20.3 Å². The van der Waals surface area contributed by atoms with Gasteiger partial charge in [0.1, 0.15) is 17.5 Å². The first-order valence-corrected chi connectivity index (χ1v) is 5.72. The minimum atomic E-state index is -0.637. The van der Waals surface area contributed by atoms with Gasteiger partial charge in [-0.3, -0.25) is 0 Å². The summed E-state index contributed by atoms with van der Waals surface area (Å²) >= 11 is 0. The molecule has 94 valence electrons. The van der Waals surface area contributed by atoms with E-state index in [1.54, 1.807) is 0 Å². The Bertz CT molecular complexity index is 432. The quantitative estimate of drug-likeness (QED) is 0.508. The van der Waals surface area contributed by atoms with Crippen molar-refractivity contribution in [2.24, 2.45) is 5.84 Å². The average Bonchev–Trinajstić information content (AvgIpc) is 2.61. The standard InChI is InChI=1S/C11H19N5O/c1-7-9(15-12)13-8(2)14-10(7)16-5-4-11(3,17)6-16/h17H,4-6,12H2,1-3H3,(H,13,14,15). The Kier molecular flexibility index (Phi) is 2.92. The molecule has 0 saturated carbocycles. The fourth-order valence-electron chi connectivity index (χ4n) is 2.19. The molecule has 1 atom stereocenters. The number of aromatic nitrogens is 2. The Hall–Kier alpha value is -1.40. The molecular weight excluding hydrogens is 218 g/mol. The molecule has 0 aliphatic carbocycles. The van der Waals surface area contributed by atoms with Crippen LogP contribution in [0.25, 0.3) is 0 Å². The second-order valence-electron chi connectivity index (χ2n) is 4.88. The van der Waals surface area contributed by atoms with Crippen LogP contribution in [0.2, 0.25) is 0 Å². The number of nitrogen functional groups attached to an aromatic ring is 1. The van der Waals surface area contributed by atoms with E-state index in [9.17, 15) is 5.11 Å².